The Morgan fingerprint density at radius 3 is 2.82 bits per heavy atom. The molecule has 0 bridgehead atoms. The predicted molar refractivity (Wildman–Crippen MR) is 140 cm³/mol. The van der Waals surface area contributed by atoms with Crippen LogP contribution in [0.4, 0.5) is 11.4 Å². The molecule has 1 aliphatic heterocycles. The van der Waals surface area contributed by atoms with E-state index in [1.807, 2.05) is 6.20 Å². The number of nitrogens with zero attached hydrogens (tertiary/aromatic N) is 2. The van der Waals surface area contributed by atoms with E-state index >= 15 is 0 Å². The van der Waals surface area contributed by atoms with Crippen molar-refractivity contribution in [1.82, 2.24) is 15.1 Å². The fourth-order valence-corrected chi connectivity index (χ4v) is 5.16. The monoisotopic (exact) mass is 457 g/mol. The molecular formula is C27H31N5S. The van der Waals surface area contributed by atoms with Crippen molar-refractivity contribution in [3.8, 4) is 0 Å². The number of rotatable bonds is 7. The van der Waals surface area contributed by atoms with Crippen LogP contribution in [0.1, 0.15) is 29.5 Å². The average Bonchev–Trinajstić information content (AvgIpc) is 3.29. The molecule has 3 aromatic carbocycles. The second-order valence-corrected chi connectivity index (χ2v) is 9.94. The first-order valence-electron chi connectivity index (χ1n) is 11.6. The van der Waals surface area contributed by atoms with Crippen molar-refractivity contribution in [2.75, 3.05) is 23.1 Å². The summed E-state index contributed by atoms with van der Waals surface area (Å²) in [6, 6.07) is 22.3. The minimum Gasteiger partial charge on any atom is -0.381 e. The maximum absolute atomic E-state index is 4.13. The molecule has 6 heteroatoms. The Morgan fingerprint density at radius 1 is 1.06 bits per heavy atom. The van der Waals surface area contributed by atoms with Gasteiger partial charge in [-0.25, -0.2) is 0 Å². The molecule has 1 unspecified atom stereocenters. The van der Waals surface area contributed by atoms with Crippen molar-refractivity contribution in [2.24, 2.45) is 0 Å². The third-order valence-corrected chi connectivity index (χ3v) is 7.15. The summed E-state index contributed by atoms with van der Waals surface area (Å²) in [5.41, 5.74) is 7.35. The normalized spacial score (nSPS) is 16.7. The molecule has 1 fully saturated rings. The van der Waals surface area contributed by atoms with Crippen LogP contribution in [0.2, 0.25) is 0 Å². The van der Waals surface area contributed by atoms with Gasteiger partial charge in [0, 0.05) is 40.8 Å². The third-order valence-electron chi connectivity index (χ3n) is 6.32. The number of benzene rings is 3. The summed E-state index contributed by atoms with van der Waals surface area (Å²) in [4.78, 5) is 3.79. The highest BCUT2D eigenvalue weighted by Crippen LogP contribution is 2.26. The standard InChI is InChI=1S/C27H31N5S/c1-19-5-10-25(11-6-19)33-31-27-14-21(8-7-20(27)2)17-32-13-3-4-24(18-32)29-23-9-12-26-22(15-23)16-28-30-26/h5-12,14-16,24,29,31H,3-4,13,17-18H2,1-2H3,(H,28,30). The van der Waals surface area contributed by atoms with Crippen LogP contribution in [0.25, 0.3) is 10.9 Å². The molecule has 0 radical (unpaired) electrons. The van der Waals surface area contributed by atoms with Gasteiger partial charge >= 0.3 is 0 Å². The zero-order valence-electron chi connectivity index (χ0n) is 19.3. The van der Waals surface area contributed by atoms with E-state index in [9.17, 15) is 0 Å². The zero-order chi connectivity index (χ0) is 22.6. The van der Waals surface area contributed by atoms with Gasteiger partial charge in [0.1, 0.15) is 0 Å². The number of nitrogens with one attached hydrogen (secondary N) is 3. The second kappa shape index (κ2) is 9.89. The van der Waals surface area contributed by atoms with Gasteiger partial charge in [0.25, 0.3) is 0 Å². The van der Waals surface area contributed by atoms with Gasteiger partial charge in [0.2, 0.25) is 0 Å². The molecule has 0 aliphatic carbocycles. The van der Waals surface area contributed by atoms with E-state index in [1.165, 1.54) is 45.8 Å². The molecule has 170 valence electrons. The Hall–Kier alpha value is -2.96. The van der Waals surface area contributed by atoms with E-state index in [0.717, 1.165) is 30.5 Å². The quantitative estimate of drug-likeness (QED) is 0.281. The average molecular weight is 458 g/mol. The maximum Gasteiger partial charge on any atom is 0.0651 e. The minimum atomic E-state index is 0.461. The van der Waals surface area contributed by atoms with E-state index < -0.39 is 0 Å². The van der Waals surface area contributed by atoms with Gasteiger partial charge < -0.3 is 10.0 Å². The molecule has 5 rings (SSSR count). The lowest BCUT2D eigenvalue weighted by molar-refractivity contribution is 0.208. The van der Waals surface area contributed by atoms with Crippen LogP contribution >= 0.6 is 11.9 Å². The summed E-state index contributed by atoms with van der Waals surface area (Å²) in [5, 5.41) is 12.0. The smallest absolute Gasteiger partial charge is 0.0651 e. The van der Waals surface area contributed by atoms with Crippen molar-refractivity contribution < 1.29 is 0 Å². The highest BCUT2D eigenvalue weighted by molar-refractivity contribution is 8.00. The van der Waals surface area contributed by atoms with Crippen LogP contribution in [0.3, 0.4) is 0 Å². The topological polar surface area (TPSA) is 56.0 Å². The van der Waals surface area contributed by atoms with E-state index in [4.69, 9.17) is 0 Å². The van der Waals surface area contributed by atoms with Gasteiger partial charge in [-0.05, 0) is 92.7 Å². The van der Waals surface area contributed by atoms with Gasteiger partial charge in [-0.1, -0.05) is 29.8 Å². The molecule has 0 amide bonds. The molecule has 2 heterocycles. The summed E-state index contributed by atoms with van der Waals surface area (Å²) < 4.78 is 3.56. The number of piperidine rings is 1. The van der Waals surface area contributed by atoms with E-state index in [2.05, 4.69) is 99.6 Å². The molecule has 5 nitrogen and oxygen atoms in total. The number of anilines is 2. The van der Waals surface area contributed by atoms with Crippen molar-refractivity contribution >= 4 is 34.2 Å². The van der Waals surface area contributed by atoms with Crippen molar-refractivity contribution in [3.63, 3.8) is 0 Å². The predicted octanol–water partition coefficient (Wildman–Crippen LogP) is 6.38. The Kier molecular flexibility index (Phi) is 6.55. The van der Waals surface area contributed by atoms with Gasteiger partial charge in [-0.3, -0.25) is 10.00 Å². The molecule has 1 aromatic heterocycles. The molecule has 1 saturated heterocycles. The van der Waals surface area contributed by atoms with Crippen LogP contribution in [0.5, 0.6) is 0 Å². The van der Waals surface area contributed by atoms with E-state index in [-0.39, 0.29) is 0 Å². The largest absolute Gasteiger partial charge is 0.381 e. The summed E-state index contributed by atoms with van der Waals surface area (Å²) in [6.45, 7) is 7.46. The van der Waals surface area contributed by atoms with Crippen molar-refractivity contribution in [2.45, 2.75) is 44.2 Å². The zero-order valence-corrected chi connectivity index (χ0v) is 20.1. The van der Waals surface area contributed by atoms with Crippen molar-refractivity contribution in [1.29, 1.82) is 0 Å². The first-order valence-corrected chi connectivity index (χ1v) is 12.5. The molecule has 0 saturated carbocycles. The molecule has 1 aliphatic rings. The van der Waals surface area contributed by atoms with Crippen LogP contribution in [-0.4, -0.2) is 34.2 Å². The second-order valence-electron chi connectivity index (χ2n) is 9.06. The number of hydrogen-bond acceptors (Lipinski definition) is 5. The fourth-order valence-electron chi connectivity index (χ4n) is 4.44. The molecule has 3 N–H and O–H groups in total. The number of H-pyrrole nitrogens is 1. The van der Waals surface area contributed by atoms with Gasteiger partial charge in [0.05, 0.1) is 11.7 Å². The highest BCUT2D eigenvalue weighted by Gasteiger charge is 2.20. The van der Waals surface area contributed by atoms with Crippen LogP contribution in [0.15, 0.2) is 71.8 Å². The molecular weight excluding hydrogens is 426 g/mol. The maximum atomic E-state index is 4.13. The first-order chi connectivity index (χ1) is 16.1. The summed E-state index contributed by atoms with van der Waals surface area (Å²) >= 11 is 1.67. The highest BCUT2D eigenvalue weighted by atomic mass is 32.2. The SMILES string of the molecule is Cc1ccc(SNc2cc(CN3CCCC(Nc4ccc5[nH]ncc5c4)C3)ccc2C)cc1. The van der Waals surface area contributed by atoms with Gasteiger partial charge in [0.15, 0.2) is 0 Å². The number of aromatic nitrogens is 2. The summed E-state index contributed by atoms with van der Waals surface area (Å²) in [7, 11) is 0. The Labute approximate surface area is 200 Å². The van der Waals surface area contributed by atoms with Crippen LogP contribution in [-0.2, 0) is 6.54 Å². The third kappa shape index (κ3) is 5.52. The summed E-state index contributed by atoms with van der Waals surface area (Å²) in [6.07, 6.45) is 4.30. The fraction of sp³-hybridized carbons (Fsp3) is 0.296. The van der Waals surface area contributed by atoms with Crippen molar-refractivity contribution in [3.05, 3.63) is 83.6 Å². The van der Waals surface area contributed by atoms with Gasteiger partial charge in [-0.15, -0.1) is 0 Å². The van der Waals surface area contributed by atoms with Gasteiger partial charge in [-0.2, -0.15) is 5.10 Å². The Balaban J connectivity index is 1.20. The number of fused-ring (bicyclic) bond motifs is 1. The molecule has 1 atom stereocenters. The molecule has 33 heavy (non-hydrogen) atoms. The minimum absolute atomic E-state index is 0.461. The van der Waals surface area contributed by atoms with Crippen LogP contribution in [0, 0.1) is 13.8 Å². The lowest BCUT2D eigenvalue weighted by Crippen LogP contribution is -2.41. The summed E-state index contributed by atoms with van der Waals surface area (Å²) in [5.74, 6) is 0. The number of hydrogen-bond donors (Lipinski definition) is 3. The number of aryl methyl sites for hydroxylation is 2. The van der Waals surface area contributed by atoms with E-state index in [1.54, 1.807) is 11.9 Å². The Morgan fingerprint density at radius 2 is 1.94 bits per heavy atom. The lowest BCUT2D eigenvalue weighted by atomic mass is 10.0. The first kappa shape index (κ1) is 21.9. The molecule has 4 aromatic rings. The lowest BCUT2D eigenvalue weighted by Gasteiger charge is -2.34. The Bertz CT molecular complexity index is 1220. The number of likely N-dealkylation sites (tertiary alicyclic amines) is 1. The van der Waals surface area contributed by atoms with E-state index in [0.29, 0.717) is 6.04 Å². The molecule has 0 spiro atoms. The van der Waals surface area contributed by atoms with Crippen LogP contribution < -0.4 is 10.0 Å². The number of aromatic amines is 1.